The summed E-state index contributed by atoms with van der Waals surface area (Å²) in [7, 11) is 0. The fourth-order valence-corrected chi connectivity index (χ4v) is 3.21. The number of aliphatic carboxylic acids is 1. The Hall–Kier alpha value is -2.66. The molecule has 1 aliphatic heterocycles. The van der Waals surface area contributed by atoms with Crippen LogP contribution in [0, 0.1) is 0 Å². The van der Waals surface area contributed by atoms with Crippen LogP contribution in [0.3, 0.4) is 0 Å². The van der Waals surface area contributed by atoms with Gasteiger partial charge in [0.05, 0.1) is 6.10 Å². The minimum atomic E-state index is -1.18. The van der Waals surface area contributed by atoms with Crippen molar-refractivity contribution in [1.29, 1.82) is 0 Å². The van der Waals surface area contributed by atoms with E-state index in [9.17, 15) is 19.8 Å². The van der Waals surface area contributed by atoms with Crippen molar-refractivity contribution in [3.8, 4) is 11.1 Å². The molecule has 1 aliphatic rings. The van der Waals surface area contributed by atoms with E-state index < -0.39 is 18.1 Å². The Balaban J connectivity index is 1.79. The Labute approximate surface area is 146 Å². The number of hydrogen-bond donors (Lipinski definition) is 2. The minimum absolute atomic E-state index is 0.247. The first-order valence-electron chi connectivity index (χ1n) is 8.42. The fourth-order valence-electron chi connectivity index (χ4n) is 3.21. The highest BCUT2D eigenvalue weighted by atomic mass is 16.4. The summed E-state index contributed by atoms with van der Waals surface area (Å²) in [6, 6.07) is 14.2. The first kappa shape index (κ1) is 17.2. The Kier molecular flexibility index (Phi) is 4.86. The van der Waals surface area contributed by atoms with E-state index in [4.69, 9.17) is 0 Å². The van der Waals surface area contributed by atoms with Crippen LogP contribution in [0.25, 0.3) is 11.1 Å². The normalized spacial score (nSPS) is 19.8. The summed E-state index contributed by atoms with van der Waals surface area (Å²) in [6.45, 7) is 2.35. The molecule has 0 saturated carbocycles. The molecule has 2 N–H and O–H groups in total. The molecule has 0 unspecified atom stereocenters. The highest BCUT2D eigenvalue weighted by Crippen LogP contribution is 2.24. The maximum Gasteiger partial charge on any atom is 0.329 e. The van der Waals surface area contributed by atoms with E-state index in [0.717, 1.165) is 17.5 Å². The maximum absolute atomic E-state index is 12.6. The lowest BCUT2D eigenvalue weighted by Gasteiger charge is -2.22. The van der Waals surface area contributed by atoms with Gasteiger partial charge in [-0.15, -0.1) is 0 Å². The van der Waals surface area contributed by atoms with Crippen molar-refractivity contribution in [1.82, 2.24) is 4.90 Å². The number of nitrogens with zero attached hydrogens (tertiary/aromatic N) is 1. The molecule has 0 radical (unpaired) electrons. The van der Waals surface area contributed by atoms with Crippen molar-refractivity contribution in [2.75, 3.05) is 6.54 Å². The molecule has 2 atom stereocenters. The van der Waals surface area contributed by atoms with Crippen LogP contribution >= 0.6 is 0 Å². The highest BCUT2D eigenvalue weighted by Gasteiger charge is 2.41. The Morgan fingerprint density at radius 3 is 2.12 bits per heavy atom. The van der Waals surface area contributed by atoms with Gasteiger partial charge in [0.25, 0.3) is 5.91 Å². The number of carboxylic acid groups (broad SMARTS) is 1. The van der Waals surface area contributed by atoms with Crippen LogP contribution < -0.4 is 0 Å². The van der Waals surface area contributed by atoms with Crippen molar-refractivity contribution in [3.63, 3.8) is 0 Å². The van der Waals surface area contributed by atoms with Gasteiger partial charge in [-0.3, -0.25) is 4.79 Å². The molecule has 2 aromatic rings. The lowest BCUT2D eigenvalue weighted by atomic mass is 10.0. The number of likely N-dealkylation sites (tertiary alicyclic amines) is 1. The first-order valence-corrected chi connectivity index (χ1v) is 8.42. The molecule has 1 saturated heterocycles. The topological polar surface area (TPSA) is 77.8 Å². The molecule has 0 spiro atoms. The predicted molar refractivity (Wildman–Crippen MR) is 94.3 cm³/mol. The summed E-state index contributed by atoms with van der Waals surface area (Å²) >= 11 is 0. The van der Waals surface area contributed by atoms with Gasteiger partial charge in [0.2, 0.25) is 0 Å². The van der Waals surface area contributed by atoms with Crippen LogP contribution in [0.15, 0.2) is 48.5 Å². The smallest absolute Gasteiger partial charge is 0.329 e. The number of hydrogen-bond acceptors (Lipinski definition) is 3. The lowest BCUT2D eigenvalue weighted by Crippen LogP contribution is -2.45. The Morgan fingerprint density at radius 2 is 1.60 bits per heavy atom. The third-order valence-electron chi connectivity index (χ3n) is 4.71. The van der Waals surface area contributed by atoms with Crippen molar-refractivity contribution in [2.24, 2.45) is 0 Å². The number of carboxylic acids is 1. The molecule has 130 valence electrons. The Bertz CT molecular complexity index is 767. The number of rotatable bonds is 4. The van der Waals surface area contributed by atoms with Gasteiger partial charge in [-0.1, -0.05) is 43.3 Å². The summed E-state index contributed by atoms with van der Waals surface area (Å²) in [5, 5.41) is 19.0. The molecule has 1 amide bonds. The van der Waals surface area contributed by atoms with Gasteiger partial charge >= 0.3 is 5.97 Å². The average molecular weight is 339 g/mol. The number of aliphatic hydroxyl groups excluding tert-OH is 1. The molecule has 0 bridgehead atoms. The average Bonchev–Trinajstić information content (AvgIpc) is 3.03. The molecule has 1 fully saturated rings. The standard InChI is InChI=1S/C20H21NO4/c1-2-13-3-5-14(6-4-13)15-7-9-16(10-8-15)19(23)21-12-11-17(22)18(21)20(24)25/h3-10,17-18,22H,2,11-12H2,1H3,(H,24,25)/t17-,18-/m0/s1. The van der Waals surface area contributed by atoms with Crippen LogP contribution in [-0.2, 0) is 11.2 Å². The van der Waals surface area contributed by atoms with E-state index in [0.29, 0.717) is 5.56 Å². The van der Waals surface area contributed by atoms with E-state index in [1.807, 2.05) is 24.3 Å². The van der Waals surface area contributed by atoms with Crippen molar-refractivity contribution >= 4 is 11.9 Å². The van der Waals surface area contributed by atoms with Crippen molar-refractivity contribution in [2.45, 2.75) is 31.9 Å². The summed E-state index contributed by atoms with van der Waals surface area (Å²) in [5.41, 5.74) is 3.75. The van der Waals surface area contributed by atoms with Crippen LogP contribution in [0.2, 0.25) is 0 Å². The zero-order valence-corrected chi connectivity index (χ0v) is 14.1. The highest BCUT2D eigenvalue weighted by molar-refractivity contribution is 5.97. The van der Waals surface area contributed by atoms with Crippen LogP contribution in [-0.4, -0.2) is 45.7 Å². The zero-order chi connectivity index (χ0) is 18.0. The molecule has 3 rings (SSSR count). The van der Waals surface area contributed by atoms with E-state index >= 15 is 0 Å². The molecular formula is C20H21NO4. The van der Waals surface area contributed by atoms with Gasteiger partial charge in [-0.25, -0.2) is 4.79 Å². The van der Waals surface area contributed by atoms with Crippen LogP contribution in [0.4, 0.5) is 0 Å². The first-order chi connectivity index (χ1) is 12.0. The third kappa shape index (κ3) is 3.42. The quantitative estimate of drug-likeness (QED) is 0.897. The van der Waals surface area contributed by atoms with Crippen molar-refractivity contribution < 1.29 is 19.8 Å². The third-order valence-corrected chi connectivity index (χ3v) is 4.71. The number of benzene rings is 2. The molecule has 0 aromatic heterocycles. The number of carbonyl (C=O) groups excluding carboxylic acids is 1. The monoisotopic (exact) mass is 339 g/mol. The fraction of sp³-hybridized carbons (Fsp3) is 0.300. The van der Waals surface area contributed by atoms with E-state index in [1.165, 1.54) is 10.5 Å². The number of aryl methyl sites for hydroxylation is 1. The van der Waals surface area contributed by atoms with Crippen molar-refractivity contribution in [3.05, 3.63) is 59.7 Å². The van der Waals surface area contributed by atoms with Crippen LogP contribution in [0.5, 0.6) is 0 Å². The number of aliphatic hydroxyl groups is 1. The summed E-state index contributed by atoms with van der Waals surface area (Å²) in [5.74, 6) is -1.54. The van der Waals surface area contributed by atoms with E-state index in [-0.39, 0.29) is 18.9 Å². The van der Waals surface area contributed by atoms with Gasteiger partial charge in [0.1, 0.15) is 0 Å². The molecule has 25 heavy (non-hydrogen) atoms. The van der Waals surface area contributed by atoms with Gasteiger partial charge in [0, 0.05) is 12.1 Å². The van der Waals surface area contributed by atoms with E-state index in [2.05, 4.69) is 19.1 Å². The van der Waals surface area contributed by atoms with E-state index in [1.54, 1.807) is 12.1 Å². The lowest BCUT2D eigenvalue weighted by molar-refractivity contribution is -0.144. The molecule has 5 nitrogen and oxygen atoms in total. The second-order valence-electron chi connectivity index (χ2n) is 6.27. The molecule has 1 heterocycles. The molecule has 0 aliphatic carbocycles. The van der Waals surface area contributed by atoms with Gasteiger partial charge in [-0.05, 0) is 41.7 Å². The second kappa shape index (κ2) is 7.07. The largest absolute Gasteiger partial charge is 0.480 e. The molecular weight excluding hydrogens is 318 g/mol. The number of carbonyl (C=O) groups is 2. The summed E-state index contributed by atoms with van der Waals surface area (Å²) in [6.07, 6.45) is 0.253. The predicted octanol–water partition coefficient (Wildman–Crippen LogP) is 2.58. The van der Waals surface area contributed by atoms with Gasteiger partial charge in [-0.2, -0.15) is 0 Å². The molecule has 2 aromatic carbocycles. The molecule has 5 heteroatoms. The summed E-state index contributed by atoms with van der Waals surface area (Å²) in [4.78, 5) is 25.1. The van der Waals surface area contributed by atoms with Crippen LogP contribution in [0.1, 0.15) is 29.3 Å². The zero-order valence-electron chi connectivity index (χ0n) is 14.1. The SMILES string of the molecule is CCc1ccc(-c2ccc(C(=O)N3CC[C@H](O)[C@H]3C(=O)O)cc2)cc1. The second-order valence-corrected chi connectivity index (χ2v) is 6.27. The maximum atomic E-state index is 12.6. The van der Waals surface area contributed by atoms with Gasteiger partial charge < -0.3 is 15.1 Å². The number of amides is 1. The Morgan fingerprint density at radius 1 is 1.04 bits per heavy atom. The van der Waals surface area contributed by atoms with Gasteiger partial charge in [0.15, 0.2) is 6.04 Å². The minimum Gasteiger partial charge on any atom is -0.480 e. The summed E-state index contributed by atoms with van der Waals surface area (Å²) < 4.78 is 0.